The Kier molecular flexibility index (Phi) is 4.42. The minimum absolute atomic E-state index is 0.0905. The van der Waals surface area contributed by atoms with Gasteiger partial charge in [-0.05, 0) is 37.1 Å². The Bertz CT molecular complexity index is 896. The Morgan fingerprint density at radius 3 is 3.16 bits per heavy atom. The lowest BCUT2D eigenvalue weighted by Crippen LogP contribution is -2.22. The van der Waals surface area contributed by atoms with Gasteiger partial charge in [-0.25, -0.2) is 4.98 Å². The number of H-pyrrole nitrogens is 1. The number of amides is 1. The predicted octanol–water partition coefficient (Wildman–Crippen LogP) is 3.41. The molecule has 2 N–H and O–H groups in total. The molecular formula is C18H19N3O3S. The van der Waals surface area contributed by atoms with Crippen LogP contribution in [0.15, 0.2) is 30.3 Å². The fourth-order valence-corrected chi connectivity index (χ4v) is 3.96. The van der Waals surface area contributed by atoms with Gasteiger partial charge in [-0.1, -0.05) is 0 Å². The van der Waals surface area contributed by atoms with Crippen LogP contribution in [0, 0.1) is 0 Å². The first-order valence-electron chi connectivity index (χ1n) is 8.25. The van der Waals surface area contributed by atoms with Gasteiger partial charge < -0.3 is 19.8 Å². The molecule has 1 amide bonds. The van der Waals surface area contributed by atoms with Gasteiger partial charge in [0.05, 0.1) is 35.7 Å². The van der Waals surface area contributed by atoms with Crippen LogP contribution in [0.5, 0.6) is 5.75 Å². The maximum Gasteiger partial charge on any atom is 0.261 e. The molecule has 2 aromatic heterocycles. The minimum atomic E-state index is -0.0905. The van der Waals surface area contributed by atoms with Crippen molar-refractivity contribution in [2.45, 2.75) is 25.5 Å². The van der Waals surface area contributed by atoms with E-state index < -0.39 is 0 Å². The van der Waals surface area contributed by atoms with E-state index in [1.807, 2.05) is 30.3 Å². The van der Waals surface area contributed by atoms with Gasteiger partial charge in [0.2, 0.25) is 0 Å². The summed E-state index contributed by atoms with van der Waals surface area (Å²) in [5.74, 6) is 1.40. The summed E-state index contributed by atoms with van der Waals surface area (Å²) in [6.07, 6.45) is 2.27. The van der Waals surface area contributed by atoms with Gasteiger partial charge in [0, 0.05) is 17.6 Å². The third-order valence-electron chi connectivity index (χ3n) is 4.25. The molecule has 1 aliphatic rings. The standard InChI is InChI=1S/C18H19N3O3S/c1-23-11-4-5-12-13(9-11)21-17(20-12)10-19-18(22)16-7-6-15(25-16)14-3-2-8-24-14/h4-7,9,14H,2-3,8,10H2,1H3,(H,19,22)(H,20,21)/t14-/m1/s1. The second-order valence-corrected chi connectivity index (χ2v) is 7.07. The molecule has 3 heterocycles. The van der Waals surface area contributed by atoms with Crippen molar-refractivity contribution in [3.8, 4) is 5.75 Å². The predicted molar refractivity (Wildman–Crippen MR) is 96.1 cm³/mol. The number of nitrogens with zero attached hydrogens (tertiary/aromatic N) is 1. The Hall–Kier alpha value is -2.38. The van der Waals surface area contributed by atoms with Crippen LogP contribution in [0.1, 0.15) is 39.3 Å². The molecule has 0 spiro atoms. The SMILES string of the molecule is COc1ccc2nc(CNC(=O)c3ccc([C@H]4CCCO4)s3)[nH]c2c1. The number of benzene rings is 1. The summed E-state index contributed by atoms with van der Waals surface area (Å²) in [6.45, 7) is 1.16. The smallest absolute Gasteiger partial charge is 0.261 e. The number of ether oxygens (including phenoxy) is 2. The topological polar surface area (TPSA) is 76.2 Å². The molecular weight excluding hydrogens is 338 g/mol. The molecule has 25 heavy (non-hydrogen) atoms. The van der Waals surface area contributed by atoms with Crippen LogP contribution in [0.3, 0.4) is 0 Å². The quantitative estimate of drug-likeness (QED) is 0.734. The molecule has 4 rings (SSSR count). The van der Waals surface area contributed by atoms with Crippen LogP contribution < -0.4 is 10.1 Å². The summed E-state index contributed by atoms with van der Waals surface area (Å²) in [6, 6.07) is 9.50. The number of carbonyl (C=O) groups excluding carboxylic acids is 1. The normalized spacial score (nSPS) is 17.1. The van der Waals surface area contributed by atoms with E-state index in [0.29, 0.717) is 17.2 Å². The van der Waals surface area contributed by atoms with Gasteiger partial charge in [0.25, 0.3) is 5.91 Å². The van der Waals surface area contributed by atoms with Crippen molar-refractivity contribution in [3.05, 3.63) is 45.9 Å². The first kappa shape index (κ1) is 16.1. The van der Waals surface area contributed by atoms with Crippen molar-refractivity contribution >= 4 is 28.3 Å². The zero-order valence-electron chi connectivity index (χ0n) is 13.9. The fraction of sp³-hybridized carbons (Fsp3) is 0.333. The van der Waals surface area contributed by atoms with Crippen LogP contribution in [0.2, 0.25) is 0 Å². The van der Waals surface area contributed by atoms with E-state index in [-0.39, 0.29) is 12.0 Å². The summed E-state index contributed by atoms with van der Waals surface area (Å²) < 4.78 is 10.9. The Balaban J connectivity index is 1.41. The Morgan fingerprint density at radius 1 is 1.44 bits per heavy atom. The van der Waals surface area contributed by atoms with Crippen molar-refractivity contribution in [2.24, 2.45) is 0 Å². The third-order valence-corrected chi connectivity index (χ3v) is 5.43. The molecule has 7 heteroatoms. The van der Waals surface area contributed by atoms with Crippen molar-refractivity contribution in [1.82, 2.24) is 15.3 Å². The third kappa shape index (κ3) is 3.38. The number of rotatable bonds is 5. The maximum atomic E-state index is 12.4. The number of nitrogens with one attached hydrogen (secondary N) is 2. The number of aromatic nitrogens is 2. The molecule has 130 valence electrons. The van der Waals surface area contributed by atoms with Crippen LogP contribution >= 0.6 is 11.3 Å². The zero-order chi connectivity index (χ0) is 17.2. The molecule has 0 radical (unpaired) electrons. The summed E-state index contributed by atoms with van der Waals surface area (Å²) >= 11 is 1.50. The first-order valence-corrected chi connectivity index (χ1v) is 9.07. The van der Waals surface area contributed by atoms with Crippen LogP contribution in [-0.2, 0) is 11.3 Å². The molecule has 6 nitrogen and oxygen atoms in total. The largest absolute Gasteiger partial charge is 0.497 e. The molecule has 0 saturated carbocycles. The average molecular weight is 357 g/mol. The van der Waals surface area contributed by atoms with Crippen LogP contribution in [0.25, 0.3) is 11.0 Å². The molecule has 0 bridgehead atoms. The van der Waals surface area contributed by atoms with E-state index in [1.165, 1.54) is 11.3 Å². The summed E-state index contributed by atoms with van der Waals surface area (Å²) in [7, 11) is 1.63. The molecule has 1 saturated heterocycles. The first-order chi connectivity index (χ1) is 12.2. The second-order valence-electron chi connectivity index (χ2n) is 5.95. The van der Waals surface area contributed by atoms with E-state index in [4.69, 9.17) is 9.47 Å². The fourth-order valence-electron chi connectivity index (χ4n) is 2.95. The van der Waals surface area contributed by atoms with Gasteiger partial charge in [-0.3, -0.25) is 4.79 Å². The number of aromatic amines is 1. The molecule has 1 aliphatic heterocycles. The maximum absolute atomic E-state index is 12.4. The van der Waals surface area contributed by atoms with Gasteiger partial charge in [0.15, 0.2) is 0 Å². The van der Waals surface area contributed by atoms with Crippen LogP contribution in [0.4, 0.5) is 0 Å². The number of imidazole rings is 1. The van der Waals surface area contributed by atoms with Crippen molar-refractivity contribution in [2.75, 3.05) is 13.7 Å². The Morgan fingerprint density at radius 2 is 2.36 bits per heavy atom. The van der Waals surface area contributed by atoms with E-state index in [9.17, 15) is 4.79 Å². The van der Waals surface area contributed by atoms with Gasteiger partial charge >= 0.3 is 0 Å². The number of hydrogen-bond acceptors (Lipinski definition) is 5. The Labute approximate surface area is 149 Å². The van der Waals surface area contributed by atoms with Gasteiger partial charge in [0.1, 0.15) is 11.6 Å². The number of fused-ring (bicyclic) bond motifs is 1. The second kappa shape index (κ2) is 6.85. The van der Waals surface area contributed by atoms with Crippen molar-refractivity contribution in [3.63, 3.8) is 0 Å². The lowest BCUT2D eigenvalue weighted by molar-refractivity contribution is 0.0954. The van der Waals surface area contributed by atoms with Crippen molar-refractivity contribution in [1.29, 1.82) is 0 Å². The summed E-state index contributed by atoms with van der Waals surface area (Å²) in [5, 5.41) is 2.91. The lowest BCUT2D eigenvalue weighted by atomic mass is 10.2. The highest BCUT2D eigenvalue weighted by Gasteiger charge is 2.20. The lowest BCUT2D eigenvalue weighted by Gasteiger charge is -2.05. The monoisotopic (exact) mass is 357 g/mol. The van der Waals surface area contributed by atoms with Crippen molar-refractivity contribution < 1.29 is 14.3 Å². The van der Waals surface area contributed by atoms with E-state index in [0.717, 1.165) is 41.1 Å². The minimum Gasteiger partial charge on any atom is -0.497 e. The van der Waals surface area contributed by atoms with Gasteiger partial charge in [-0.2, -0.15) is 0 Å². The number of thiophene rings is 1. The highest BCUT2D eigenvalue weighted by molar-refractivity contribution is 7.14. The molecule has 0 unspecified atom stereocenters. The van der Waals surface area contributed by atoms with Gasteiger partial charge in [-0.15, -0.1) is 11.3 Å². The highest BCUT2D eigenvalue weighted by Crippen LogP contribution is 2.33. The molecule has 1 atom stereocenters. The summed E-state index contributed by atoms with van der Waals surface area (Å²) in [4.78, 5) is 21.9. The summed E-state index contributed by atoms with van der Waals surface area (Å²) in [5.41, 5.74) is 1.74. The molecule has 1 aromatic carbocycles. The molecule has 3 aromatic rings. The van der Waals surface area contributed by atoms with E-state index >= 15 is 0 Å². The number of hydrogen-bond donors (Lipinski definition) is 2. The highest BCUT2D eigenvalue weighted by atomic mass is 32.1. The van der Waals surface area contributed by atoms with E-state index in [1.54, 1.807) is 7.11 Å². The van der Waals surface area contributed by atoms with Crippen LogP contribution in [-0.4, -0.2) is 29.6 Å². The number of methoxy groups -OCH3 is 1. The number of carbonyl (C=O) groups is 1. The molecule has 0 aliphatic carbocycles. The zero-order valence-corrected chi connectivity index (χ0v) is 14.7. The molecule has 1 fully saturated rings. The average Bonchev–Trinajstić information content (AvgIpc) is 3.38. The van der Waals surface area contributed by atoms with E-state index in [2.05, 4.69) is 15.3 Å².